The number of benzene rings is 2. The molecule has 5 nitrogen and oxygen atoms in total. The van der Waals surface area contributed by atoms with Crippen molar-refractivity contribution in [2.75, 3.05) is 0 Å². The third-order valence-electron chi connectivity index (χ3n) is 7.02. The quantitative estimate of drug-likeness (QED) is 0.402. The normalized spacial score (nSPS) is 17.6. The Balaban J connectivity index is 1.32. The molecule has 2 saturated carbocycles. The van der Waals surface area contributed by atoms with Crippen LogP contribution in [0, 0.1) is 0 Å². The summed E-state index contributed by atoms with van der Waals surface area (Å²) in [7, 11) is 0. The van der Waals surface area contributed by atoms with E-state index in [2.05, 4.69) is 10.1 Å². The second kappa shape index (κ2) is 10.2. The Kier molecular flexibility index (Phi) is 6.75. The Morgan fingerprint density at radius 3 is 1.97 bits per heavy atom. The fourth-order valence-corrected chi connectivity index (χ4v) is 5.30. The Morgan fingerprint density at radius 1 is 0.788 bits per heavy atom. The fraction of sp³-hybridized carbons (Fsp3) is 0.429. The number of carbonyl (C=O) groups excluding carboxylic acids is 1. The zero-order chi connectivity index (χ0) is 22.5. The summed E-state index contributed by atoms with van der Waals surface area (Å²) in [6.45, 7) is 0. The first kappa shape index (κ1) is 21.7. The molecule has 2 aliphatic carbocycles. The fourth-order valence-electron chi connectivity index (χ4n) is 5.30. The number of aromatic nitrogens is 1. The van der Waals surface area contributed by atoms with E-state index in [0.717, 1.165) is 42.7 Å². The van der Waals surface area contributed by atoms with Crippen molar-refractivity contribution in [3.05, 3.63) is 66.4 Å². The lowest BCUT2D eigenvalue weighted by molar-refractivity contribution is 0.0438. The molecule has 172 valence electrons. The van der Waals surface area contributed by atoms with E-state index in [4.69, 9.17) is 9.26 Å². The van der Waals surface area contributed by atoms with Crippen molar-refractivity contribution in [2.45, 2.75) is 76.3 Å². The lowest BCUT2D eigenvalue weighted by atomic mass is 9.88. The number of para-hydroxylation sites is 1. The van der Waals surface area contributed by atoms with Gasteiger partial charge in [-0.25, -0.2) is 0 Å². The Hall–Kier alpha value is -3.08. The van der Waals surface area contributed by atoms with Crippen LogP contribution >= 0.6 is 0 Å². The summed E-state index contributed by atoms with van der Waals surface area (Å²) in [6.07, 6.45) is 11.8. The maximum absolute atomic E-state index is 13.6. The zero-order valence-corrected chi connectivity index (χ0v) is 19.1. The predicted octanol–water partition coefficient (Wildman–Crippen LogP) is 7.24. The molecule has 5 heteroatoms. The molecule has 3 aromatic rings. The summed E-state index contributed by atoms with van der Waals surface area (Å²) in [5.74, 6) is 2.19. The van der Waals surface area contributed by atoms with Gasteiger partial charge >= 0.3 is 0 Å². The number of rotatable bonds is 6. The maximum Gasteiger partial charge on any atom is 0.276 e. The van der Waals surface area contributed by atoms with Crippen molar-refractivity contribution >= 4 is 5.91 Å². The van der Waals surface area contributed by atoms with Gasteiger partial charge in [0.15, 0.2) is 11.5 Å². The van der Waals surface area contributed by atoms with E-state index in [-0.39, 0.29) is 5.91 Å². The second-order valence-electron chi connectivity index (χ2n) is 9.31. The van der Waals surface area contributed by atoms with E-state index in [9.17, 15) is 4.79 Å². The Bertz CT molecular complexity index is 1010. The predicted molar refractivity (Wildman–Crippen MR) is 128 cm³/mol. The molecule has 1 amide bonds. The molecule has 2 aliphatic rings. The second-order valence-corrected chi connectivity index (χ2v) is 9.31. The molecule has 0 spiro atoms. The standard InChI is InChI=1S/C28H32N2O3/c31-28(30(22-10-4-1-5-11-22)23-12-6-2-7-13-23)26-20-27(33-29-26)21-16-18-25(19-17-21)32-24-14-8-3-9-15-24/h3,8-9,14-20,22-23H,1-2,4-7,10-13H2. The SMILES string of the molecule is O=C(c1cc(-c2ccc(Oc3ccccc3)cc2)on1)N(C1CCCCC1)C1CCCCC1. The van der Waals surface area contributed by atoms with Crippen molar-refractivity contribution in [3.63, 3.8) is 0 Å². The van der Waals surface area contributed by atoms with Crippen LogP contribution in [0.25, 0.3) is 11.3 Å². The maximum atomic E-state index is 13.6. The van der Waals surface area contributed by atoms with E-state index in [0.29, 0.717) is 23.5 Å². The van der Waals surface area contributed by atoms with Gasteiger partial charge in [0.25, 0.3) is 5.91 Å². The number of amides is 1. The highest BCUT2D eigenvalue weighted by Crippen LogP contribution is 2.32. The van der Waals surface area contributed by atoms with Gasteiger partial charge in [-0.2, -0.15) is 0 Å². The molecule has 2 fully saturated rings. The average molecular weight is 445 g/mol. The third-order valence-corrected chi connectivity index (χ3v) is 7.02. The number of hydrogen-bond donors (Lipinski definition) is 0. The van der Waals surface area contributed by atoms with Crippen molar-refractivity contribution in [1.82, 2.24) is 10.1 Å². The van der Waals surface area contributed by atoms with Gasteiger partial charge < -0.3 is 14.2 Å². The van der Waals surface area contributed by atoms with Gasteiger partial charge in [-0.15, -0.1) is 0 Å². The van der Waals surface area contributed by atoms with Crippen molar-refractivity contribution in [2.24, 2.45) is 0 Å². The molecule has 0 N–H and O–H groups in total. The van der Waals surface area contributed by atoms with E-state index in [1.54, 1.807) is 6.07 Å². The molecule has 5 rings (SSSR count). The summed E-state index contributed by atoms with van der Waals surface area (Å²) in [5, 5.41) is 4.20. The van der Waals surface area contributed by atoms with Crippen molar-refractivity contribution in [1.29, 1.82) is 0 Å². The smallest absolute Gasteiger partial charge is 0.276 e. The monoisotopic (exact) mass is 444 g/mol. The van der Waals surface area contributed by atoms with Crippen molar-refractivity contribution in [3.8, 4) is 22.8 Å². The molecule has 0 radical (unpaired) electrons. The van der Waals surface area contributed by atoms with Gasteiger partial charge in [0, 0.05) is 23.7 Å². The highest BCUT2D eigenvalue weighted by atomic mass is 16.5. The highest BCUT2D eigenvalue weighted by Gasteiger charge is 2.34. The van der Waals surface area contributed by atoms with Gasteiger partial charge in [0.1, 0.15) is 11.5 Å². The molecule has 0 unspecified atom stereocenters. The average Bonchev–Trinajstić information content (AvgIpc) is 3.37. The lowest BCUT2D eigenvalue weighted by Crippen LogP contribution is -2.48. The highest BCUT2D eigenvalue weighted by molar-refractivity contribution is 5.93. The zero-order valence-electron chi connectivity index (χ0n) is 19.1. The van der Waals surface area contributed by atoms with Gasteiger partial charge in [-0.3, -0.25) is 4.79 Å². The van der Waals surface area contributed by atoms with Crippen LogP contribution in [0.3, 0.4) is 0 Å². The van der Waals surface area contributed by atoms with Crippen LogP contribution in [0.1, 0.15) is 74.7 Å². The molecule has 0 bridgehead atoms. The van der Waals surface area contributed by atoms with Crippen LogP contribution in [0.4, 0.5) is 0 Å². The van der Waals surface area contributed by atoms with Crippen molar-refractivity contribution < 1.29 is 14.1 Å². The third kappa shape index (κ3) is 5.13. The van der Waals surface area contributed by atoms with Gasteiger partial charge in [-0.05, 0) is 62.1 Å². The van der Waals surface area contributed by atoms with Crippen LogP contribution in [-0.2, 0) is 0 Å². The first-order valence-electron chi connectivity index (χ1n) is 12.4. The summed E-state index contributed by atoms with van der Waals surface area (Å²) in [5.41, 5.74) is 1.30. The summed E-state index contributed by atoms with van der Waals surface area (Å²) < 4.78 is 11.5. The largest absolute Gasteiger partial charge is 0.457 e. The number of nitrogens with zero attached hydrogens (tertiary/aromatic N) is 2. The minimum Gasteiger partial charge on any atom is -0.457 e. The van der Waals surface area contributed by atoms with E-state index < -0.39 is 0 Å². The molecule has 1 heterocycles. The molecular weight excluding hydrogens is 412 g/mol. The number of hydrogen-bond acceptors (Lipinski definition) is 4. The number of ether oxygens (including phenoxy) is 1. The molecular formula is C28H32N2O3. The lowest BCUT2D eigenvalue weighted by Gasteiger charge is -2.41. The summed E-state index contributed by atoms with van der Waals surface area (Å²) in [6, 6.07) is 19.9. The van der Waals surface area contributed by atoms with Crippen LogP contribution in [0.15, 0.2) is 65.2 Å². The van der Waals surface area contributed by atoms with Gasteiger partial charge in [0.05, 0.1) is 0 Å². The summed E-state index contributed by atoms with van der Waals surface area (Å²) >= 11 is 0. The molecule has 0 aliphatic heterocycles. The van der Waals surface area contributed by atoms with E-state index in [1.807, 2.05) is 54.6 Å². The van der Waals surface area contributed by atoms with Crippen LogP contribution in [-0.4, -0.2) is 28.0 Å². The topological polar surface area (TPSA) is 55.6 Å². The molecule has 2 aromatic carbocycles. The molecule has 33 heavy (non-hydrogen) atoms. The van der Waals surface area contributed by atoms with E-state index in [1.165, 1.54) is 38.5 Å². The van der Waals surface area contributed by atoms with Gasteiger partial charge in [-0.1, -0.05) is 61.9 Å². The minimum absolute atomic E-state index is 0.0350. The minimum atomic E-state index is 0.0350. The van der Waals surface area contributed by atoms with Crippen LogP contribution in [0.5, 0.6) is 11.5 Å². The molecule has 0 saturated heterocycles. The Morgan fingerprint density at radius 2 is 1.36 bits per heavy atom. The Labute approximate surface area is 195 Å². The molecule has 0 atom stereocenters. The molecule has 1 aromatic heterocycles. The first-order chi connectivity index (χ1) is 16.3. The van der Waals surface area contributed by atoms with Crippen LogP contribution in [0.2, 0.25) is 0 Å². The first-order valence-corrected chi connectivity index (χ1v) is 12.4. The van der Waals surface area contributed by atoms with Crippen LogP contribution < -0.4 is 4.74 Å². The number of carbonyl (C=O) groups is 1. The summed E-state index contributed by atoms with van der Waals surface area (Å²) in [4.78, 5) is 15.8. The van der Waals surface area contributed by atoms with E-state index >= 15 is 0 Å². The van der Waals surface area contributed by atoms with Gasteiger partial charge in [0.2, 0.25) is 0 Å².